The molecule has 0 bridgehead atoms. The number of aliphatic carboxylic acids is 1. The molecule has 5 amide bonds. The van der Waals surface area contributed by atoms with E-state index in [-0.39, 0.29) is 44.4 Å². The maximum Gasteiger partial charge on any atom is 0.303 e. The molecular formula is C42H46N6O8. The number of rotatable bonds is 17. The summed E-state index contributed by atoms with van der Waals surface area (Å²) >= 11 is 0. The van der Waals surface area contributed by atoms with Crippen molar-refractivity contribution in [1.82, 2.24) is 20.9 Å². The molecule has 0 spiro atoms. The third-order valence-corrected chi connectivity index (χ3v) is 9.68. The zero-order chi connectivity index (χ0) is 40.2. The molecule has 5 atom stereocenters. The number of nitrogens with one attached hydrogen (secondary N) is 3. The SMILES string of the molecule is NC(=O)C(CCC(=O)O)NC(=O)C(Cc1ccccc1)NC(=O)C(Cc1ccccc1)NC(=O)C1Cc2ccccc2CN1C(=O)C(N)Cc1ccc(O)cc1. The highest BCUT2D eigenvalue weighted by Crippen LogP contribution is 2.25. The Balaban J connectivity index is 1.41. The highest BCUT2D eigenvalue weighted by molar-refractivity contribution is 5.96. The van der Waals surface area contributed by atoms with Gasteiger partial charge in [-0.15, -0.1) is 0 Å². The fraction of sp³-hybridized carbons (Fsp3) is 0.286. The van der Waals surface area contributed by atoms with Crippen LogP contribution in [0.4, 0.5) is 0 Å². The molecule has 0 saturated carbocycles. The summed E-state index contributed by atoms with van der Waals surface area (Å²) < 4.78 is 0. The average molecular weight is 763 g/mol. The predicted octanol–water partition coefficient (Wildman–Crippen LogP) is 1.51. The van der Waals surface area contributed by atoms with E-state index in [0.29, 0.717) is 11.1 Å². The van der Waals surface area contributed by atoms with Gasteiger partial charge >= 0.3 is 5.97 Å². The standard InChI is InChI=1S/C42H46N6O8/c43-32(21-28-15-17-31(49)18-16-28)42(56)48-25-30-14-8-7-13-29(30)24-36(48)41(55)47-35(23-27-11-5-2-6-12-27)40(54)46-34(22-26-9-3-1-4-10-26)39(53)45-33(38(44)52)19-20-37(50)51/h1-18,32-36,49H,19-25,43H2,(H2,44,52)(H,45,53)(H,46,54)(H,47,55)(H,50,51). The lowest BCUT2D eigenvalue weighted by Crippen LogP contribution is -2.61. The number of phenols is 1. The quantitative estimate of drug-likeness (QED) is 0.0825. The van der Waals surface area contributed by atoms with Gasteiger partial charge in [0.2, 0.25) is 29.5 Å². The lowest BCUT2D eigenvalue weighted by molar-refractivity contribution is -0.143. The number of aromatic hydroxyl groups is 1. The van der Waals surface area contributed by atoms with Gasteiger partial charge in [-0.1, -0.05) is 97.1 Å². The van der Waals surface area contributed by atoms with E-state index in [1.165, 1.54) is 17.0 Å². The first kappa shape index (κ1) is 40.6. The molecule has 1 aliphatic rings. The molecule has 0 aromatic heterocycles. The number of hydrogen-bond donors (Lipinski definition) is 7. The van der Waals surface area contributed by atoms with Gasteiger partial charge in [0.1, 0.15) is 29.9 Å². The maximum atomic E-state index is 14.4. The Morgan fingerprint density at radius 3 is 1.71 bits per heavy atom. The molecule has 9 N–H and O–H groups in total. The maximum absolute atomic E-state index is 14.4. The summed E-state index contributed by atoms with van der Waals surface area (Å²) in [5.41, 5.74) is 15.7. The molecule has 0 fully saturated rings. The molecule has 56 heavy (non-hydrogen) atoms. The molecule has 14 nitrogen and oxygen atoms in total. The van der Waals surface area contributed by atoms with Gasteiger partial charge in [0.25, 0.3) is 0 Å². The third-order valence-electron chi connectivity index (χ3n) is 9.68. The van der Waals surface area contributed by atoms with Gasteiger partial charge in [-0.3, -0.25) is 28.8 Å². The summed E-state index contributed by atoms with van der Waals surface area (Å²) in [4.78, 5) is 81.1. The highest BCUT2D eigenvalue weighted by Gasteiger charge is 2.38. The Hall–Kier alpha value is -6.54. The van der Waals surface area contributed by atoms with Crippen molar-refractivity contribution in [1.29, 1.82) is 0 Å². The van der Waals surface area contributed by atoms with Gasteiger partial charge in [0.05, 0.1) is 6.04 Å². The first-order valence-electron chi connectivity index (χ1n) is 18.3. The molecule has 5 rings (SSSR count). The second-order valence-electron chi connectivity index (χ2n) is 13.8. The minimum atomic E-state index is -1.31. The van der Waals surface area contributed by atoms with Crippen molar-refractivity contribution in [3.8, 4) is 5.75 Å². The lowest BCUT2D eigenvalue weighted by Gasteiger charge is -2.38. The van der Waals surface area contributed by atoms with E-state index >= 15 is 0 Å². The first-order valence-corrected chi connectivity index (χ1v) is 18.3. The minimum absolute atomic E-state index is 0.00453. The van der Waals surface area contributed by atoms with E-state index in [1.807, 2.05) is 24.3 Å². The number of phenolic OH excluding ortho intramolecular Hbond substituents is 1. The van der Waals surface area contributed by atoms with Crippen LogP contribution in [0.5, 0.6) is 5.75 Å². The molecular weight excluding hydrogens is 716 g/mol. The van der Waals surface area contributed by atoms with E-state index in [9.17, 15) is 33.9 Å². The molecule has 14 heteroatoms. The number of fused-ring (bicyclic) bond motifs is 1. The summed E-state index contributed by atoms with van der Waals surface area (Å²) in [6, 6.07) is 25.7. The van der Waals surface area contributed by atoms with Crippen LogP contribution in [0.2, 0.25) is 0 Å². The number of primary amides is 1. The number of amides is 5. The number of carbonyl (C=O) groups is 6. The molecule has 0 aliphatic carbocycles. The van der Waals surface area contributed by atoms with Gasteiger partial charge in [-0.05, 0) is 52.8 Å². The van der Waals surface area contributed by atoms with Crippen molar-refractivity contribution >= 4 is 35.5 Å². The Kier molecular flexibility index (Phi) is 13.9. The molecule has 1 aliphatic heterocycles. The van der Waals surface area contributed by atoms with E-state index in [4.69, 9.17) is 16.6 Å². The molecule has 1 heterocycles. The van der Waals surface area contributed by atoms with Crippen molar-refractivity contribution in [3.05, 3.63) is 137 Å². The smallest absolute Gasteiger partial charge is 0.303 e. The Morgan fingerprint density at radius 2 is 1.16 bits per heavy atom. The fourth-order valence-corrected chi connectivity index (χ4v) is 6.66. The molecule has 0 saturated heterocycles. The summed E-state index contributed by atoms with van der Waals surface area (Å²) in [7, 11) is 0. The zero-order valence-corrected chi connectivity index (χ0v) is 30.7. The van der Waals surface area contributed by atoms with Crippen LogP contribution in [0.1, 0.15) is 40.7 Å². The van der Waals surface area contributed by atoms with Crippen LogP contribution < -0.4 is 27.4 Å². The number of nitrogens with zero attached hydrogens (tertiary/aromatic N) is 1. The van der Waals surface area contributed by atoms with E-state index < -0.39 is 72.1 Å². The molecule has 5 unspecified atom stereocenters. The van der Waals surface area contributed by atoms with Gasteiger partial charge in [0.15, 0.2) is 0 Å². The predicted molar refractivity (Wildman–Crippen MR) is 206 cm³/mol. The van der Waals surface area contributed by atoms with Crippen LogP contribution >= 0.6 is 0 Å². The van der Waals surface area contributed by atoms with Crippen molar-refractivity contribution in [2.24, 2.45) is 11.5 Å². The van der Waals surface area contributed by atoms with Gasteiger partial charge in [-0.25, -0.2) is 0 Å². The van der Waals surface area contributed by atoms with Crippen LogP contribution in [0.15, 0.2) is 109 Å². The van der Waals surface area contributed by atoms with E-state index in [1.54, 1.807) is 72.8 Å². The normalized spacial score (nSPS) is 15.6. The fourth-order valence-electron chi connectivity index (χ4n) is 6.66. The van der Waals surface area contributed by atoms with Gasteiger partial charge in [-0.2, -0.15) is 0 Å². The van der Waals surface area contributed by atoms with Gasteiger partial charge < -0.3 is 42.5 Å². The number of benzene rings is 4. The average Bonchev–Trinajstić information content (AvgIpc) is 3.19. The molecule has 4 aromatic carbocycles. The topological polar surface area (TPSA) is 234 Å². The summed E-state index contributed by atoms with van der Waals surface area (Å²) in [6.07, 6.45) is -0.353. The van der Waals surface area contributed by atoms with Crippen molar-refractivity contribution in [2.45, 2.75) is 75.3 Å². The van der Waals surface area contributed by atoms with Crippen LogP contribution in [-0.2, 0) is 61.0 Å². The van der Waals surface area contributed by atoms with E-state index in [0.717, 1.165) is 16.7 Å². The Labute approximate surface area is 324 Å². The summed E-state index contributed by atoms with van der Waals surface area (Å²) in [5.74, 6) is -4.60. The van der Waals surface area contributed by atoms with Crippen LogP contribution in [0.25, 0.3) is 0 Å². The number of carboxylic acids is 1. The number of carbonyl (C=O) groups excluding carboxylic acids is 5. The van der Waals surface area contributed by atoms with Crippen molar-refractivity contribution in [3.63, 3.8) is 0 Å². The highest BCUT2D eigenvalue weighted by atomic mass is 16.4. The second kappa shape index (κ2) is 19.2. The van der Waals surface area contributed by atoms with Crippen LogP contribution in [0.3, 0.4) is 0 Å². The summed E-state index contributed by atoms with van der Waals surface area (Å²) in [5, 5.41) is 26.9. The first-order chi connectivity index (χ1) is 26.9. The van der Waals surface area contributed by atoms with E-state index in [2.05, 4.69) is 16.0 Å². The molecule has 292 valence electrons. The lowest BCUT2D eigenvalue weighted by atomic mass is 9.92. The molecule has 0 radical (unpaired) electrons. The third kappa shape index (κ3) is 11.2. The largest absolute Gasteiger partial charge is 0.508 e. The Bertz CT molecular complexity index is 2010. The Morgan fingerprint density at radius 1 is 0.661 bits per heavy atom. The molecule has 4 aromatic rings. The van der Waals surface area contributed by atoms with Crippen molar-refractivity contribution < 1.29 is 39.0 Å². The van der Waals surface area contributed by atoms with Crippen molar-refractivity contribution in [2.75, 3.05) is 0 Å². The summed E-state index contributed by atoms with van der Waals surface area (Å²) in [6.45, 7) is 0.105. The number of carboxylic acid groups (broad SMARTS) is 1. The van der Waals surface area contributed by atoms with Gasteiger partial charge in [0, 0.05) is 32.2 Å². The van der Waals surface area contributed by atoms with Crippen LogP contribution in [-0.4, -0.2) is 80.8 Å². The number of hydrogen-bond acceptors (Lipinski definition) is 8. The van der Waals surface area contributed by atoms with Crippen LogP contribution in [0, 0.1) is 0 Å². The monoisotopic (exact) mass is 762 g/mol. The second-order valence-corrected chi connectivity index (χ2v) is 13.8. The zero-order valence-electron chi connectivity index (χ0n) is 30.7. The number of nitrogens with two attached hydrogens (primary N) is 2. The minimum Gasteiger partial charge on any atom is -0.508 e.